The van der Waals surface area contributed by atoms with Crippen LogP contribution < -0.4 is 16.2 Å². The number of thiocarbonyl (C=S) groups is 1. The molecule has 0 unspecified atom stereocenters. The molecule has 3 rings (SSSR count). The molecule has 3 atom stereocenters. The van der Waals surface area contributed by atoms with Crippen LogP contribution in [0.3, 0.4) is 0 Å². The molecule has 0 spiro atoms. The van der Waals surface area contributed by atoms with Crippen LogP contribution in [-0.4, -0.2) is 22.0 Å². The first kappa shape index (κ1) is 17.7. The summed E-state index contributed by atoms with van der Waals surface area (Å²) in [6.45, 7) is 4.55. The van der Waals surface area contributed by atoms with E-state index in [0.717, 1.165) is 22.9 Å². The molecule has 1 heterocycles. The highest BCUT2D eigenvalue weighted by atomic mass is 32.1. The summed E-state index contributed by atoms with van der Waals surface area (Å²) in [6, 6.07) is 8.33. The summed E-state index contributed by atoms with van der Waals surface area (Å²) >= 11 is 5.33. The van der Waals surface area contributed by atoms with Gasteiger partial charge in [0.25, 0.3) is 0 Å². The standard InChI is InChI=1S/C19H26N4OS/c1-12-6-5-9-16(13(12)2)21-19(25)23-22-18(24)10-14-11-20-17-8-4-3-7-15(14)17/h3-4,7-8,11-13,16,20H,5-6,9-10H2,1-2H3,(H,22,24)(H2,21,23,25)/t12-,13-,16-/m1/s1. The Labute approximate surface area is 153 Å². The third-order valence-electron chi connectivity index (χ3n) is 5.36. The van der Waals surface area contributed by atoms with Crippen LogP contribution in [0, 0.1) is 11.8 Å². The Balaban J connectivity index is 1.48. The number of hydrogen-bond donors (Lipinski definition) is 4. The third kappa shape index (κ3) is 4.31. The molecule has 1 fully saturated rings. The van der Waals surface area contributed by atoms with Gasteiger partial charge in [-0.25, -0.2) is 0 Å². The first-order chi connectivity index (χ1) is 12.0. The van der Waals surface area contributed by atoms with Crippen LogP contribution in [0.4, 0.5) is 0 Å². The lowest BCUT2D eigenvalue weighted by molar-refractivity contribution is -0.121. The smallest absolute Gasteiger partial charge is 0.242 e. The maximum absolute atomic E-state index is 12.2. The van der Waals surface area contributed by atoms with Crippen LogP contribution in [0.1, 0.15) is 38.7 Å². The fourth-order valence-corrected chi connectivity index (χ4v) is 3.81. The van der Waals surface area contributed by atoms with E-state index in [-0.39, 0.29) is 5.91 Å². The van der Waals surface area contributed by atoms with Gasteiger partial charge in [-0.05, 0) is 42.1 Å². The molecule has 1 amide bonds. The first-order valence-corrected chi connectivity index (χ1v) is 9.35. The minimum atomic E-state index is -0.112. The second-order valence-corrected chi connectivity index (χ2v) is 7.46. The van der Waals surface area contributed by atoms with Crippen molar-refractivity contribution in [1.29, 1.82) is 0 Å². The van der Waals surface area contributed by atoms with Crippen molar-refractivity contribution in [3.63, 3.8) is 0 Å². The Bertz CT molecular complexity index is 757. The Morgan fingerprint density at radius 3 is 2.88 bits per heavy atom. The van der Waals surface area contributed by atoms with Gasteiger partial charge in [-0.1, -0.05) is 44.9 Å². The second kappa shape index (κ2) is 7.87. The van der Waals surface area contributed by atoms with E-state index in [1.165, 1.54) is 12.8 Å². The Morgan fingerprint density at radius 1 is 1.24 bits per heavy atom. The van der Waals surface area contributed by atoms with E-state index in [9.17, 15) is 4.79 Å². The lowest BCUT2D eigenvalue weighted by Gasteiger charge is -2.35. The van der Waals surface area contributed by atoms with Gasteiger partial charge in [-0.3, -0.25) is 15.6 Å². The number of carbonyl (C=O) groups excluding carboxylic acids is 1. The fourth-order valence-electron chi connectivity index (χ4n) is 3.61. The molecule has 4 N–H and O–H groups in total. The molecule has 1 aromatic carbocycles. The molecule has 134 valence electrons. The molecule has 2 aromatic rings. The summed E-state index contributed by atoms with van der Waals surface area (Å²) in [7, 11) is 0. The van der Waals surface area contributed by atoms with Gasteiger partial charge >= 0.3 is 0 Å². The number of nitrogens with one attached hydrogen (secondary N) is 4. The van der Waals surface area contributed by atoms with Gasteiger partial charge in [0.15, 0.2) is 5.11 Å². The molecule has 1 aromatic heterocycles. The maximum atomic E-state index is 12.2. The van der Waals surface area contributed by atoms with Crippen molar-refractivity contribution in [2.45, 2.75) is 45.6 Å². The highest BCUT2D eigenvalue weighted by Crippen LogP contribution is 2.29. The number of aromatic nitrogens is 1. The number of hydrazine groups is 1. The largest absolute Gasteiger partial charge is 0.361 e. The van der Waals surface area contributed by atoms with Crippen molar-refractivity contribution in [2.24, 2.45) is 11.8 Å². The normalized spacial score (nSPS) is 23.2. The van der Waals surface area contributed by atoms with Gasteiger partial charge in [-0.2, -0.15) is 0 Å². The summed E-state index contributed by atoms with van der Waals surface area (Å²) in [5.74, 6) is 1.17. The van der Waals surface area contributed by atoms with Gasteiger partial charge in [-0.15, -0.1) is 0 Å². The summed E-state index contributed by atoms with van der Waals surface area (Å²) in [4.78, 5) is 15.4. The Hall–Kier alpha value is -2.08. The summed E-state index contributed by atoms with van der Waals surface area (Å²) in [5.41, 5.74) is 7.54. The zero-order valence-electron chi connectivity index (χ0n) is 14.8. The number of benzene rings is 1. The van der Waals surface area contributed by atoms with Crippen LogP contribution in [-0.2, 0) is 11.2 Å². The number of fused-ring (bicyclic) bond motifs is 1. The molecular weight excluding hydrogens is 332 g/mol. The molecule has 5 nitrogen and oxygen atoms in total. The topological polar surface area (TPSA) is 68.9 Å². The average molecular weight is 359 g/mol. The number of carbonyl (C=O) groups is 1. The van der Waals surface area contributed by atoms with E-state index < -0.39 is 0 Å². The van der Waals surface area contributed by atoms with Crippen LogP contribution in [0.15, 0.2) is 30.5 Å². The maximum Gasteiger partial charge on any atom is 0.242 e. The predicted octanol–water partition coefficient (Wildman–Crippen LogP) is 3.03. The number of amides is 1. The van der Waals surface area contributed by atoms with Crippen LogP contribution in [0.25, 0.3) is 10.9 Å². The molecule has 0 radical (unpaired) electrons. The molecule has 0 bridgehead atoms. The van der Waals surface area contributed by atoms with E-state index >= 15 is 0 Å². The Kier molecular flexibility index (Phi) is 5.58. The summed E-state index contributed by atoms with van der Waals surface area (Å²) < 4.78 is 0. The highest BCUT2D eigenvalue weighted by molar-refractivity contribution is 7.80. The van der Waals surface area contributed by atoms with Crippen molar-refractivity contribution in [3.05, 3.63) is 36.0 Å². The lowest BCUT2D eigenvalue weighted by Crippen LogP contribution is -2.52. The van der Waals surface area contributed by atoms with Crippen molar-refractivity contribution >= 4 is 34.1 Å². The highest BCUT2D eigenvalue weighted by Gasteiger charge is 2.27. The molecule has 0 saturated heterocycles. The van der Waals surface area contributed by atoms with E-state index in [1.807, 2.05) is 30.5 Å². The quantitative estimate of drug-likeness (QED) is 0.503. The van der Waals surface area contributed by atoms with Crippen molar-refractivity contribution in [2.75, 3.05) is 0 Å². The SMILES string of the molecule is C[C@@H]1[C@H](C)CCC[C@H]1NC(=S)NNC(=O)Cc1c[nH]c2ccccc12. The van der Waals surface area contributed by atoms with Crippen molar-refractivity contribution in [3.8, 4) is 0 Å². The van der Waals surface area contributed by atoms with Gasteiger partial charge in [0.05, 0.1) is 6.42 Å². The van der Waals surface area contributed by atoms with Crippen LogP contribution in [0.2, 0.25) is 0 Å². The second-order valence-electron chi connectivity index (χ2n) is 7.06. The van der Waals surface area contributed by atoms with Crippen LogP contribution in [0.5, 0.6) is 0 Å². The van der Waals surface area contributed by atoms with Gasteiger partial charge < -0.3 is 10.3 Å². The Morgan fingerprint density at radius 2 is 2.04 bits per heavy atom. The number of para-hydroxylation sites is 1. The summed E-state index contributed by atoms with van der Waals surface area (Å²) in [6.07, 6.45) is 5.80. The zero-order chi connectivity index (χ0) is 17.8. The minimum absolute atomic E-state index is 0.112. The fraction of sp³-hybridized carbons (Fsp3) is 0.474. The number of rotatable bonds is 3. The van der Waals surface area contributed by atoms with E-state index in [4.69, 9.17) is 12.2 Å². The molecule has 1 aliphatic rings. The third-order valence-corrected chi connectivity index (χ3v) is 5.58. The van der Waals surface area contributed by atoms with Gasteiger partial charge in [0.1, 0.15) is 0 Å². The molecular formula is C19H26N4OS. The molecule has 1 saturated carbocycles. The minimum Gasteiger partial charge on any atom is -0.361 e. The van der Waals surface area contributed by atoms with Gasteiger partial charge in [0.2, 0.25) is 5.91 Å². The molecule has 25 heavy (non-hydrogen) atoms. The summed E-state index contributed by atoms with van der Waals surface area (Å²) in [5, 5.41) is 4.90. The average Bonchev–Trinajstić information content (AvgIpc) is 3.00. The van der Waals surface area contributed by atoms with E-state index in [1.54, 1.807) is 0 Å². The van der Waals surface area contributed by atoms with Crippen LogP contribution >= 0.6 is 12.2 Å². The number of aromatic amines is 1. The predicted molar refractivity (Wildman–Crippen MR) is 105 cm³/mol. The van der Waals surface area contributed by atoms with Gasteiger partial charge in [0, 0.05) is 23.1 Å². The number of hydrogen-bond acceptors (Lipinski definition) is 2. The lowest BCUT2D eigenvalue weighted by atomic mass is 9.78. The van der Waals surface area contributed by atoms with Crippen molar-refractivity contribution in [1.82, 2.24) is 21.2 Å². The first-order valence-electron chi connectivity index (χ1n) is 8.95. The number of H-pyrrole nitrogens is 1. The molecule has 1 aliphatic carbocycles. The van der Waals surface area contributed by atoms with Crippen molar-refractivity contribution < 1.29 is 4.79 Å². The van der Waals surface area contributed by atoms with E-state index in [0.29, 0.717) is 29.4 Å². The monoisotopic (exact) mass is 358 g/mol. The molecule has 6 heteroatoms. The molecule has 0 aliphatic heterocycles. The zero-order valence-corrected chi connectivity index (χ0v) is 15.6. The van der Waals surface area contributed by atoms with E-state index in [2.05, 4.69) is 35.0 Å².